The van der Waals surface area contributed by atoms with Gasteiger partial charge in [-0.1, -0.05) is 36.2 Å². The molecule has 4 N–H and O–H groups in total. The SMILES string of the molecule is Cc1ccc([C@@H](CN2CCOCC2)NC(=O)CCCCCNC(N)=O)cc1. The first kappa shape index (κ1) is 21.2. The van der Waals surface area contributed by atoms with E-state index in [1.54, 1.807) is 0 Å². The molecule has 150 valence electrons. The first-order chi connectivity index (χ1) is 13.0. The van der Waals surface area contributed by atoms with Crippen LogP contribution in [0.2, 0.25) is 0 Å². The number of urea groups is 1. The molecule has 0 radical (unpaired) electrons. The van der Waals surface area contributed by atoms with E-state index in [1.165, 1.54) is 5.56 Å². The van der Waals surface area contributed by atoms with Crippen molar-refractivity contribution in [2.45, 2.75) is 38.6 Å². The van der Waals surface area contributed by atoms with Gasteiger partial charge < -0.3 is 21.1 Å². The van der Waals surface area contributed by atoms with Gasteiger partial charge in [0.2, 0.25) is 5.91 Å². The number of morpholine rings is 1. The molecule has 1 aromatic rings. The maximum atomic E-state index is 12.4. The summed E-state index contributed by atoms with van der Waals surface area (Å²) in [6.45, 7) is 6.69. The number of benzene rings is 1. The molecule has 0 aliphatic carbocycles. The Balaban J connectivity index is 1.82. The smallest absolute Gasteiger partial charge is 0.312 e. The number of hydrogen-bond acceptors (Lipinski definition) is 4. The van der Waals surface area contributed by atoms with E-state index in [0.717, 1.165) is 57.7 Å². The molecule has 0 aromatic heterocycles. The molecule has 3 amide bonds. The van der Waals surface area contributed by atoms with Gasteiger partial charge in [0.05, 0.1) is 19.3 Å². The lowest BCUT2D eigenvalue weighted by Crippen LogP contribution is -2.43. The van der Waals surface area contributed by atoms with Crippen LogP contribution in [0, 0.1) is 6.92 Å². The molecular weight excluding hydrogens is 344 g/mol. The number of carbonyl (C=O) groups is 2. The lowest BCUT2D eigenvalue weighted by Gasteiger charge is -2.31. The van der Waals surface area contributed by atoms with E-state index in [1.807, 2.05) is 0 Å². The number of nitrogens with two attached hydrogens (primary N) is 1. The number of nitrogens with zero attached hydrogens (tertiary/aromatic N) is 1. The minimum Gasteiger partial charge on any atom is -0.379 e. The Labute approximate surface area is 161 Å². The molecule has 7 heteroatoms. The maximum absolute atomic E-state index is 12.4. The van der Waals surface area contributed by atoms with Crippen LogP contribution in [0.5, 0.6) is 0 Å². The molecule has 1 aliphatic rings. The van der Waals surface area contributed by atoms with Crippen LogP contribution >= 0.6 is 0 Å². The summed E-state index contributed by atoms with van der Waals surface area (Å²) in [5, 5.41) is 5.76. The van der Waals surface area contributed by atoms with Gasteiger partial charge in [-0.05, 0) is 25.3 Å². The van der Waals surface area contributed by atoms with Gasteiger partial charge in [0.25, 0.3) is 0 Å². The fourth-order valence-electron chi connectivity index (χ4n) is 3.14. The van der Waals surface area contributed by atoms with Gasteiger partial charge in [0.15, 0.2) is 0 Å². The van der Waals surface area contributed by atoms with Crippen molar-refractivity contribution in [2.24, 2.45) is 5.73 Å². The molecule has 1 heterocycles. The molecule has 1 aromatic carbocycles. The maximum Gasteiger partial charge on any atom is 0.312 e. The number of nitrogens with one attached hydrogen (secondary N) is 2. The third kappa shape index (κ3) is 8.41. The summed E-state index contributed by atoms with van der Waals surface area (Å²) in [5.41, 5.74) is 7.36. The fraction of sp³-hybridized carbons (Fsp3) is 0.600. The fourth-order valence-corrected chi connectivity index (χ4v) is 3.14. The minimum absolute atomic E-state index is 0.0206. The number of aryl methyl sites for hydroxylation is 1. The van der Waals surface area contributed by atoms with Crippen LogP contribution in [-0.4, -0.2) is 56.2 Å². The Morgan fingerprint density at radius 2 is 1.85 bits per heavy atom. The van der Waals surface area contributed by atoms with Crippen molar-refractivity contribution in [3.63, 3.8) is 0 Å². The van der Waals surface area contributed by atoms with E-state index in [0.29, 0.717) is 13.0 Å². The Bertz CT molecular complexity index is 585. The highest BCUT2D eigenvalue weighted by molar-refractivity contribution is 5.76. The van der Waals surface area contributed by atoms with Crippen molar-refractivity contribution in [1.82, 2.24) is 15.5 Å². The van der Waals surface area contributed by atoms with Gasteiger partial charge in [0.1, 0.15) is 0 Å². The van der Waals surface area contributed by atoms with Crippen LogP contribution in [0.3, 0.4) is 0 Å². The van der Waals surface area contributed by atoms with Gasteiger partial charge in [-0.2, -0.15) is 0 Å². The predicted molar refractivity (Wildman–Crippen MR) is 105 cm³/mol. The zero-order valence-corrected chi connectivity index (χ0v) is 16.2. The average Bonchev–Trinajstić information content (AvgIpc) is 2.65. The summed E-state index contributed by atoms with van der Waals surface area (Å²) in [6, 6.07) is 7.83. The third-order valence-corrected chi connectivity index (χ3v) is 4.74. The highest BCUT2D eigenvalue weighted by Crippen LogP contribution is 2.17. The van der Waals surface area contributed by atoms with E-state index in [2.05, 4.69) is 46.7 Å². The van der Waals surface area contributed by atoms with E-state index in [-0.39, 0.29) is 11.9 Å². The molecule has 1 aliphatic heterocycles. The summed E-state index contributed by atoms with van der Waals surface area (Å²) in [6.07, 6.45) is 2.99. The van der Waals surface area contributed by atoms with Gasteiger partial charge in [0, 0.05) is 32.6 Å². The number of primary amides is 1. The predicted octanol–water partition coefficient (Wildman–Crippen LogP) is 1.71. The molecule has 1 fully saturated rings. The Hall–Kier alpha value is -2.12. The van der Waals surface area contributed by atoms with E-state index in [9.17, 15) is 9.59 Å². The molecule has 0 spiro atoms. The number of unbranched alkanes of at least 4 members (excludes halogenated alkanes) is 2. The molecule has 27 heavy (non-hydrogen) atoms. The molecule has 1 atom stereocenters. The van der Waals surface area contributed by atoms with Crippen molar-refractivity contribution in [3.05, 3.63) is 35.4 Å². The van der Waals surface area contributed by atoms with Crippen molar-refractivity contribution in [1.29, 1.82) is 0 Å². The van der Waals surface area contributed by atoms with Crippen LogP contribution in [-0.2, 0) is 9.53 Å². The molecule has 1 saturated heterocycles. The molecular formula is C20H32N4O3. The van der Waals surface area contributed by atoms with Gasteiger partial charge in [-0.15, -0.1) is 0 Å². The highest BCUT2D eigenvalue weighted by Gasteiger charge is 2.20. The Morgan fingerprint density at radius 3 is 2.52 bits per heavy atom. The molecule has 7 nitrogen and oxygen atoms in total. The second kappa shape index (κ2) is 11.6. The number of rotatable bonds is 10. The lowest BCUT2D eigenvalue weighted by molar-refractivity contribution is -0.122. The first-order valence-electron chi connectivity index (χ1n) is 9.74. The second-order valence-corrected chi connectivity index (χ2v) is 7.05. The van der Waals surface area contributed by atoms with Crippen LogP contribution in [0.4, 0.5) is 4.79 Å². The van der Waals surface area contributed by atoms with Crippen molar-refractivity contribution in [2.75, 3.05) is 39.4 Å². The quantitative estimate of drug-likeness (QED) is 0.542. The van der Waals surface area contributed by atoms with Crippen molar-refractivity contribution < 1.29 is 14.3 Å². The molecule has 0 bridgehead atoms. The van der Waals surface area contributed by atoms with E-state index in [4.69, 9.17) is 10.5 Å². The molecule has 0 saturated carbocycles. The highest BCUT2D eigenvalue weighted by atomic mass is 16.5. The first-order valence-corrected chi connectivity index (χ1v) is 9.74. The lowest BCUT2D eigenvalue weighted by atomic mass is 10.0. The second-order valence-electron chi connectivity index (χ2n) is 7.05. The summed E-state index contributed by atoms with van der Waals surface area (Å²) >= 11 is 0. The normalized spacial score (nSPS) is 15.9. The van der Waals surface area contributed by atoms with Crippen molar-refractivity contribution in [3.8, 4) is 0 Å². The van der Waals surface area contributed by atoms with Gasteiger partial charge >= 0.3 is 6.03 Å². The molecule has 2 rings (SSSR count). The topological polar surface area (TPSA) is 96.7 Å². The van der Waals surface area contributed by atoms with Gasteiger partial charge in [-0.3, -0.25) is 9.69 Å². The van der Waals surface area contributed by atoms with Crippen LogP contribution in [0.15, 0.2) is 24.3 Å². The Kier molecular flexibility index (Phi) is 9.07. The summed E-state index contributed by atoms with van der Waals surface area (Å²) in [7, 11) is 0. The van der Waals surface area contributed by atoms with Crippen molar-refractivity contribution >= 4 is 11.9 Å². The average molecular weight is 377 g/mol. The summed E-state index contributed by atoms with van der Waals surface area (Å²) in [5.74, 6) is 0.0664. The zero-order chi connectivity index (χ0) is 19.5. The van der Waals surface area contributed by atoms with Gasteiger partial charge in [-0.25, -0.2) is 4.79 Å². The largest absolute Gasteiger partial charge is 0.379 e. The van der Waals surface area contributed by atoms with E-state index >= 15 is 0 Å². The standard InChI is InChI=1S/C20H32N4O3/c1-16-6-8-17(9-7-16)18(15-24-11-13-27-14-12-24)23-19(25)5-3-2-4-10-22-20(21)26/h6-9,18H,2-5,10-15H2,1H3,(H,23,25)(H3,21,22,26)/t18-/m1/s1. The van der Waals surface area contributed by atoms with Crippen LogP contribution in [0.1, 0.15) is 42.9 Å². The summed E-state index contributed by atoms with van der Waals surface area (Å²) in [4.78, 5) is 25.4. The van der Waals surface area contributed by atoms with Crippen LogP contribution < -0.4 is 16.4 Å². The number of hydrogen-bond donors (Lipinski definition) is 3. The zero-order valence-electron chi connectivity index (χ0n) is 16.2. The Morgan fingerprint density at radius 1 is 1.15 bits per heavy atom. The number of ether oxygens (including phenoxy) is 1. The number of carbonyl (C=O) groups excluding carboxylic acids is 2. The monoisotopic (exact) mass is 376 g/mol. The third-order valence-electron chi connectivity index (χ3n) is 4.74. The molecule has 0 unspecified atom stereocenters. The minimum atomic E-state index is -0.503. The summed E-state index contributed by atoms with van der Waals surface area (Å²) < 4.78 is 5.42. The van der Waals surface area contributed by atoms with Crippen LogP contribution in [0.25, 0.3) is 0 Å². The number of amides is 3. The van der Waals surface area contributed by atoms with E-state index < -0.39 is 6.03 Å².